The van der Waals surface area contributed by atoms with Crippen LogP contribution in [0.2, 0.25) is 0 Å². The lowest BCUT2D eigenvalue weighted by atomic mass is 9.99. The Balaban J connectivity index is 2.60. The summed E-state index contributed by atoms with van der Waals surface area (Å²) in [7, 11) is 0. The molecule has 0 heterocycles. The summed E-state index contributed by atoms with van der Waals surface area (Å²) in [5.74, 6) is 0.716. The van der Waals surface area contributed by atoms with Crippen LogP contribution in [0.1, 0.15) is 59.8 Å². The van der Waals surface area contributed by atoms with Gasteiger partial charge >= 0.3 is 0 Å². The van der Waals surface area contributed by atoms with Crippen LogP contribution in [0.5, 0.6) is 0 Å². The lowest BCUT2D eigenvalue weighted by molar-refractivity contribution is 0.134. The molecule has 17 heavy (non-hydrogen) atoms. The maximum absolute atomic E-state index is 8.92. The molecule has 1 aliphatic carbocycles. The number of nitrogens with zero attached hydrogens (tertiary/aromatic N) is 2. The normalized spacial score (nSPS) is 17.8. The Morgan fingerprint density at radius 3 is 2.18 bits per heavy atom. The molecular formula is C15H28N2. The quantitative estimate of drug-likeness (QED) is 0.640. The van der Waals surface area contributed by atoms with Crippen LogP contribution < -0.4 is 0 Å². The molecule has 1 aliphatic rings. The summed E-state index contributed by atoms with van der Waals surface area (Å²) >= 11 is 0. The largest absolute Gasteiger partial charge is 0.300 e. The Kier molecular flexibility index (Phi) is 5.46. The topological polar surface area (TPSA) is 27.0 Å². The molecule has 0 unspecified atom stereocenters. The molecular weight excluding hydrogens is 208 g/mol. The highest BCUT2D eigenvalue weighted by Gasteiger charge is 2.44. The van der Waals surface area contributed by atoms with Gasteiger partial charge in [0.2, 0.25) is 0 Å². The molecule has 0 radical (unpaired) electrons. The summed E-state index contributed by atoms with van der Waals surface area (Å²) in [5.41, 5.74) is 0.353. The zero-order valence-electron chi connectivity index (χ0n) is 12.0. The van der Waals surface area contributed by atoms with E-state index in [0.29, 0.717) is 17.4 Å². The lowest BCUT2D eigenvalue weighted by Gasteiger charge is -2.34. The number of rotatable bonds is 8. The van der Waals surface area contributed by atoms with Gasteiger partial charge in [0.25, 0.3) is 0 Å². The van der Waals surface area contributed by atoms with Crippen molar-refractivity contribution in [2.24, 2.45) is 11.3 Å². The van der Waals surface area contributed by atoms with Crippen molar-refractivity contribution >= 4 is 0 Å². The van der Waals surface area contributed by atoms with E-state index in [-0.39, 0.29) is 0 Å². The van der Waals surface area contributed by atoms with Gasteiger partial charge in [-0.25, -0.2) is 0 Å². The minimum Gasteiger partial charge on any atom is -0.300 e. The van der Waals surface area contributed by atoms with Crippen molar-refractivity contribution in [2.45, 2.75) is 65.8 Å². The van der Waals surface area contributed by atoms with E-state index in [2.05, 4.69) is 38.7 Å². The fraction of sp³-hybridized carbons (Fsp3) is 0.933. The predicted molar refractivity (Wildman–Crippen MR) is 72.7 cm³/mol. The molecule has 0 atom stereocenters. The molecule has 0 aromatic heterocycles. The highest BCUT2D eigenvalue weighted by atomic mass is 15.2. The van der Waals surface area contributed by atoms with Gasteiger partial charge in [-0.05, 0) is 37.0 Å². The van der Waals surface area contributed by atoms with E-state index in [0.717, 1.165) is 13.0 Å². The molecule has 0 amide bonds. The van der Waals surface area contributed by atoms with E-state index in [1.165, 1.54) is 32.2 Å². The zero-order chi connectivity index (χ0) is 12.9. The summed E-state index contributed by atoms with van der Waals surface area (Å²) in [5, 5.41) is 8.92. The smallest absolute Gasteiger partial charge is 0.0628 e. The molecule has 0 aromatic rings. The third-order valence-electron chi connectivity index (χ3n) is 4.01. The van der Waals surface area contributed by atoms with Gasteiger partial charge in [0.1, 0.15) is 0 Å². The van der Waals surface area contributed by atoms with Crippen LogP contribution in [-0.4, -0.2) is 24.0 Å². The number of nitriles is 1. The average molecular weight is 236 g/mol. The molecule has 1 fully saturated rings. The van der Waals surface area contributed by atoms with Crippen molar-refractivity contribution in [1.29, 1.82) is 5.26 Å². The molecule has 0 N–H and O–H groups in total. The van der Waals surface area contributed by atoms with Gasteiger partial charge in [-0.1, -0.05) is 27.7 Å². The Bertz CT molecular complexity index is 257. The van der Waals surface area contributed by atoms with Crippen molar-refractivity contribution < 1.29 is 0 Å². The van der Waals surface area contributed by atoms with Crippen molar-refractivity contribution in [3.05, 3.63) is 0 Å². The van der Waals surface area contributed by atoms with E-state index in [1.54, 1.807) is 0 Å². The standard InChI is InChI=1S/C15H28N2/c1-5-14(6-2)17(11-13(3)4)12-15(7-8-15)9-10-16/h13-14H,5-9,11-12H2,1-4H3. The highest BCUT2D eigenvalue weighted by molar-refractivity contribution is 5.01. The van der Waals surface area contributed by atoms with Crippen molar-refractivity contribution in [2.75, 3.05) is 13.1 Å². The summed E-state index contributed by atoms with van der Waals surface area (Å²) in [4.78, 5) is 2.65. The Labute approximate surface area is 107 Å². The Morgan fingerprint density at radius 2 is 1.82 bits per heavy atom. The van der Waals surface area contributed by atoms with Crippen molar-refractivity contribution in [1.82, 2.24) is 4.90 Å². The highest BCUT2D eigenvalue weighted by Crippen LogP contribution is 2.49. The van der Waals surface area contributed by atoms with Crippen LogP contribution in [-0.2, 0) is 0 Å². The van der Waals surface area contributed by atoms with Crippen LogP contribution in [0.25, 0.3) is 0 Å². The molecule has 0 spiro atoms. The van der Waals surface area contributed by atoms with Gasteiger partial charge in [-0.3, -0.25) is 4.90 Å². The molecule has 2 nitrogen and oxygen atoms in total. The van der Waals surface area contributed by atoms with Gasteiger partial charge in [0, 0.05) is 25.6 Å². The monoisotopic (exact) mass is 236 g/mol. The van der Waals surface area contributed by atoms with Gasteiger partial charge in [0.05, 0.1) is 6.07 Å². The second-order valence-electron chi connectivity index (χ2n) is 6.13. The van der Waals surface area contributed by atoms with Gasteiger partial charge in [-0.15, -0.1) is 0 Å². The van der Waals surface area contributed by atoms with E-state index in [9.17, 15) is 0 Å². The van der Waals surface area contributed by atoms with Crippen LogP contribution in [0.15, 0.2) is 0 Å². The minimum absolute atomic E-state index is 0.353. The fourth-order valence-electron chi connectivity index (χ4n) is 2.78. The Morgan fingerprint density at radius 1 is 1.24 bits per heavy atom. The van der Waals surface area contributed by atoms with Crippen molar-refractivity contribution in [3.63, 3.8) is 0 Å². The first-order valence-corrected chi connectivity index (χ1v) is 7.18. The second kappa shape index (κ2) is 6.40. The van der Waals surface area contributed by atoms with E-state index in [1.807, 2.05) is 0 Å². The summed E-state index contributed by atoms with van der Waals surface area (Å²) < 4.78 is 0. The first-order valence-electron chi connectivity index (χ1n) is 7.18. The van der Waals surface area contributed by atoms with E-state index in [4.69, 9.17) is 5.26 Å². The van der Waals surface area contributed by atoms with Crippen LogP contribution >= 0.6 is 0 Å². The number of hydrogen-bond acceptors (Lipinski definition) is 2. The van der Waals surface area contributed by atoms with Crippen LogP contribution in [0.4, 0.5) is 0 Å². The number of hydrogen-bond donors (Lipinski definition) is 0. The first-order chi connectivity index (χ1) is 8.06. The van der Waals surface area contributed by atoms with Gasteiger partial charge in [0.15, 0.2) is 0 Å². The van der Waals surface area contributed by atoms with Crippen molar-refractivity contribution in [3.8, 4) is 6.07 Å². The van der Waals surface area contributed by atoms with Crippen LogP contribution in [0.3, 0.4) is 0 Å². The summed E-state index contributed by atoms with van der Waals surface area (Å²) in [6, 6.07) is 3.08. The van der Waals surface area contributed by atoms with Gasteiger partial charge in [-0.2, -0.15) is 5.26 Å². The maximum atomic E-state index is 8.92. The SMILES string of the molecule is CCC(CC)N(CC(C)C)CC1(CC#N)CC1. The molecule has 0 aliphatic heterocycles. The zero-order valence-corrected chi connectivity index (χ0v) is 12.0. The maximum Gasteiger partial charge on any atom is 0.0628 e. The molecule has 98 valence electrons. The van der Waals surface area contributed by atoms with E-state index >= 15 is 0 Å². The third-order valence-corrected chi connectivity index (χ3v) is 4.01. The fourth-order valence-corrected chi connectivity index (χ4v) is 2.78. The third kappa shape index (κ3) is 4.32. The van der Waals surface area contributed by atoms with E-state index < -0.39 is 0 Å². The minimum atomic E-state index is 0.353. The Hall–Kier alpha value is -0.550. The van der Waals surface area contributed by atoms with Gasteiger partial charge < -0.3 is 0 Å². The molecule has 0 bridgehead atoms. The summed E-state index contributed by atoms with van der Waals surface area (Å²) in [6.45, 7) is 11.5. The average Bonchev–Trinajstić information content (AvgIpc) is 2.99. The molecule has 0 aromatic carbocycles. The first kappa shape index (κ1) is 14.5. The van der Waals surface area contributed by atoms with Crippen LogP contribution in [0, 0.1) is 22.7 Å². The molecule has 0 saturated heterocycles. The molecule has 1 saturated carbocycles. The lowest BCUT2D eigenvalue weighted by Crippen LogP contribution is -2.41. The molecule has 2 heteroatoms. The molecule has 1 rings (SSSR count). The second-order valence-corrected chi connectivity index (χ2v) is 6.13. The summed E-state index contributed by atoms with van der Waals surface area (Å²) in [6.07, 6.45) is 5.73. The predicted octanol–water partition coefficient (Wildman–Crippen LogP) is 3.83.